The molecule has 0 aliphatic carbocycles. The Balaban J connectivity index is 2.44. The molecule has 1 unspecified atom stereocenters. The van der Waals surface area contributed by atoms with E-state index in [0.29, 0.717) is 6.07 Å². The molecule has 1 aliphatic heterocycles. The Morgan fingerprint density at radius 2 is 2.07 bits per heavy atom. The van der Waals surface area contributed by atoms with E-state index in [2.05, 4.69) is 10.3 Å². The Morgan fingerprint density at radius 3 is 2.61 bits per heavy atom. The molecule has 0 saturated carbocycles. The zero-order valence-corrected chi connectivity index (χ0v) is 16.4. The van der Waals surface area contributed by atoms with Crippen LogP contribution in [-0.2, 0) is 14.8 Å². The number of nitro benzene ring substituents is 1. The second kappa shape index (κ2) is 7.22. The molecule has 1 amide bonds. The van der Waals surface area contributed by atoms with Crippen molar-refractivity contribution >= 4 is 33.5 Å². The molecule has 1 aromatic rings. The average Bonchev–Trinajstić information content (AvgIpc) is 2.51. The highest BCUT2D eigenvalue weighted by atomic mass is 32.2. The van der Waals surface area contributed by atoms with Crippen LogP contribution in [0.15, 0.2) is 17.1 Å². The molecule has 0 aromatic heterocycles. The van der Waals surface area contributed by atoms with Crippen LogP contribution < -0.4 is 11.1 Å². The Bertz CT molecular complexity index is 956. The van der Waals surface area contributed by atoms with Gasteiger partial charge in [-0.2, -0.15) is 0 Å². The number of nitro groups is 1. The highest BCUT2D eigenvalue weighted by molar-refractivity contribution is 7.89. The third-order valence-electron chi connectivity index (χ3n) is 3.70. The van der Waals surface area contributed by atoms with Crippen molar-refractivity contribution in [2.45, 2.75) is 32.4 Å². The summed E-state index contributed by atoms with van der Waals surface area (Å²) in [6.07, 6.45) is -1.04. The number of hydrogen-bond acceptors (Lipinski definition) is 7. The number of guanidine groups is 1. The molecule has 11 nitrogen and oxygen atoms in total. The minimum atomic E-state index is -3.96. The van der Waals surface area contributed by atoms with E-state index in [0.717, 1.165) is 10.4 Å². The van der Waals surface area contributed by atoms with Crippen LogP contribution in [0.2, 0.25) is 0 Å². The maximum atomic E-state index is 14.4. The fraction of sp³-hybridized carbons (Fsp3) is 0.467. The molecule has 0 bridgehead atoms. The Hall–Kier alpha value is -2.96. The van der Waals surface area contributed by atoms with Crippen LogP contribution in [0, 0.1) is 15.9 Å². The lowest BCUT2D eigenvalue weighted by atomic mass is 10.1. The van der Waals surface area contributed by atoms with Crippen molar-refractivity contribution in [2.24, 2.45) is 4.99 Å². The van der Waals surface area contributed by atoms with Gasteiger partial charge < -0.3 is 15.8 Å². The van der Waals surface area contributed by atoms with Crippen LogP contribution in [-0.4, -0.2) is 48.1 Å². The number of aliphatic imine (C=N–C) groups is 1. The summed E-state index contributed by atoms with van der Waals surface area (Å²) in [6, 6.07) is 0.421. The van der Waals surface area contributed by atoms with Crippen LogP contribution in [0.5, 0.6) is 0 Å². The summed E-state index contributed by atoms with van der Waals surface area (Å²) in [6.45, 7) is 4.83. The highest BCUT2D eigenvalue weighted by Gasteiger charge is 2.36. The lowest BCUT2D eigenvalue weighted by Gasteiger charge is -2.33. The van der Waals surface area contributed by atoms with Gasteiger partial charge in [-0.1, -0.05) is 0 Å². The quantitative estimate of drug-likeness (QED) is 0.416. The van der Waals surface area contributed by atoms with Crippen molar-refractivity contribution in [1.29, 1.82) is 0 Å². The number of carbonyl (C=O) groups is 1. The number of sulfonamides is 1. The van der Waals surface area contributed by atoms with Crippen molar-refractivity contribution in [3.8, 4) is 0 Å². The Labute approximate surface area is 160 Å². The van der Waals surface area contributed by atoms with E-state index in [-0.39, 0.29) is 17.2 Å². The van der Waals surface area contributed by atoms with Gasteiger partial charge in [0.2, 0.25) is 16.0 Å². The maximum absolute atomic E-state index is 14.4. The molecule has 1 saturated heterocycles. The minimum absolute atomic E-state index is 0.211. The number of ether oxygens (including phenoxy) is 1. The monoisotopic (exact) mass is 417 g/mol. The summed E-state index contributed by atoms with van der Waals surface area (Å²) in [5.41, 5.74) is 3.54. The van der Waals surface area contributed by atoms with Crippen molar-refractivity contribution in [1.82, 2.24) is 9.62 Å². The Kier molecular flexibility index (Phi) is 5.50. The van der Waals surface area contributed by atoms with Crippen LogP contribution in [0.25, 0.3) is 0 Å². The zero-order chi connectivity index (χ0) is 21.4. The van der Waals surface area contributed by atoms with Crippen LogP contribution >= 0.6 is 0 Å². The average molecular weight is 417 g/mol. The van der Waals surface area contributed by atoms with Crippen molar-refractivity contribution in [2.75, 3.05) is 18.5 Å². The predicted molar refractivity (Wildman–Crippen MR) is 98.6 cm³/mol. The molecule has 1 heterocycles. The molecule has 1 aromatic carbocycles. The largest absolute Gasteiger partial charge is 0.442 e. The number of nitrogen functional groups attached to an aromatic ring is 1. The Morgan fingerprint density at radius 1 is 1.46 bits per heavy atom. The number of anilines is 1. The summed E-state index contributed by atoms with van der Waals surface area (Å²) in [5.74, 6) is -1.97. The number of hydrogen-bond donors (Lipinski definition) is 2. The fourth-order valence-corrected chi connectivity index (χ4v) is 3.67. The summed E-state index contributed by atoms with van der Waals surface area (Å²) in [4.78, 5) is 25.5. The highest BCUT2D eigenvalue weighted by Crippen LogP contribution is 2.31. The van der Waals surface area contributed by atoms with Gasteiger partial charge in [0, 0.05) is 12.6 Å². The number of nitrogens with two attached hydrogens (primary N) is 1. The van der Waals surface area contributed by atoms with Gasteiger partial charge >= 0.3 is 6.09 Å². The molecular formula is C15H20FN5O6S. The van der Waals surface area contributed by atoms with Crippen LogP contribution in [0.4, 0.5) is 20.6 Å². The summed E-state index contributed by atoms with van der Waals surface area (Å²) >= 11 is 0. The number of amides is 1. The predicted octanol–water partition coefficient (Wildman–Crippen LogP) is 1.51. The van der Waals surface area contributed by atoms with E-state index in [9.17, 15) is 27.7 Å². The minimum Gasteiger partial charge on any atom is -0.442 e. The molecular weight excluding hydrogens is 397 g/mol. The van der Waals surface area contributed by atoms with Gasteiger partial charge in [0.05, 0.1) is 22.8 Å². The number of nitrogens with zero attached hydrogens (tertiary/aromatic N) is 3. The molecule has 2 rings (SSSR count). The number of nitrogens with one attached hydrogen (secondary N) is 1. The van der Waals surface area contributed by atoms with E-state index in [4.69, 9.17) is 10.5 Å². The number of halogens is 1. The third kappa shape index (κ3) is 4.65. The first-order chi connectivity index (χ1) is 12.7. The number of benzene rings is 1. The molecule has 0 radical (unpaired) electrons. The molecule has 13 heteroatoms. The molecule has 1 fully saturated rings. The van der Waals surface area contributed by atoms with Gasteiger partial charge in [0.15, 0.2) is 0 Å². The lowest BCUT2D eigenvalue weighted by Crippen LogP contribution is -2.53. The second-order valence-electron chi connectivity index (χ2n) is 7.05. The maximum Gasteiger partial charge on any atom is 0.437 e. The summed E-state index contributed by atoms with van der Waals surface area (Å²) in [5, 5.41) is 13.5. The van der Waals surface area contributed by atoms with E-state index in [1.807, 2.05) is 0 Å². The van der Waals surface area contributed by atoms with Gasteiger partial charge in [0.25, 0.3) is 5.69 Å². The SMILES string of the molecule is CN1/C(=N\C(=O)OC(C)(C)C)NC(c2cc(N)c([N+](=O)[O-])cc2F)CS1(=O)=O. The van der Waals surface area contributed by atoms with E-state index >= 15 is 0 Å². The van der Waals surface area contributed by atoms with Crippen molar-refractivity contribution in [3.63, 3.8) is 0 Å². The topological polar surface area (TPSA) is 157 Å². The normalized spacial score (nSPS) is 20.5. The van der Waals surface area contributed by atoms with E-state index in [1.54, 1.807) is 20.8 Å². The smallest absolute Gasteiger partial charge is 0.437 e. The van der Waals surface area contributed by atoms with Crippen molar-refractivity contribution < 1.29 is 27.3 Å². The van der Waals surface area contributed by atoms with E-state index in [1.165, 1.54) is 7.05 Å². The molecule has 1 aliphatic rings. The first kappa shape index (κ1) is 21.3. The first-order valence-corrected chi connectivity index (χ1v) is 9.60. The third-order valence-corrected chi connectivity index (χ3v) is 5.47. The molecule has 0 spiro atoms. The van der Waals surface area contributed by atoms with E-state index < -0.39 is 49.9 Å². The van der Waals surface area contributed by atoms with Gasteiger partial charge in [-0.05, 0) is 26.8 Å². The van der Waals surface area contributed by atoms with Crippen LogP contribution in [0.3, 0.4) is 0 Å². The summed E-state index contributed by atoms with van der Waals surface area (Å²) in [7, 11) is -2.79. The molecule has 28 heavy (non-hydrogen) atoms. The fourth-order valence-electron chi connectivity index (χ4n) is 2.41. The standard InChI is InChI=1S/C15H20FN5O6S/c1-15(2,3)27-14(22)19-13-18-11(7-28(25,26)20(13)4)8-5-10(17)12(21(23)24)6-9(8)16/h5-6,11H,7,17H2,1-4H3,(H,18,19,22). The first-order valence-electron chi connectivity index (χ1n) is 7.99. The van der Waals surface area contributed by atoms with Gasteiger partial charge in [-0.15, -0.1) is 4.99 Å². The molecule has 3 N–H and O–H groups in total. The summed E-state index contributed by atoms with van der Waals surface area (Å²) < 4.78 is 45.0. The zero-order valence-electron chi connectivity index (χ0n) is 15.6. The van der Waals surface area contributed by atoms with Gasteiger partial charge in [-0.25, -0.2) is 21.9 Å². The molecule has 1 atom stereocenters. The molecule has 154 valence electrons. The lowest BCUT2D eigenvalue weighted by molar-refractivity contribution is -0.384. The van der Waals surface area contributed by atoms with Gasteiger partial charge in [0.1, 0.15) is 17.1 Å². The van der Waals surface area contributed by atoms with Gasteiger partial charge in [-0.3, -0.25) is 10.1 Å². The number of carbonyl (C=O) groups excluding carboxylic acids is 1. The second-order valence-corrected chi connectivity index (χ2v) is 9.09. The number of rotatable bonds is 2. The van der Waals surface area contributed by atoms with Crippen molar-refractivity contribution in [3.05, 3.63) is 33.6 Å². The van der Waals surface area contributed by atoms with Crippen LogP contribution in [0.1, 0.15) is 32.4 Å².